The number of aliphatic hydroxyl groups excluding tert-OH is 2. The fraction of sp³-hybridized carbons (Fsp3) is 0.552. The Labute approximate surface area is 218 Å². The number of aromatic nitrogens is 2. The van der Waals surface area contributed by atoms with Crippen molar-refractivity contribution in [1.29, 1.82) is 5.26 Å². The van der Waals surface area contributed by atoms with Crippen molar-refractivity contribution in [3.63, 3.8) is 0 Å². The van der Waals surface area contributed by atoms with E-state index in [0.29, 0.717) is 25.1 Å². The number of allylic oxidation sites excluding steroid dienone is 2. The Kier molecular flexibility index (Phi) is 8.48. The van der Waals surface area contributed by atoms with E-state index in [2.05, 4.69) is 41.3 Å². The Balaban J connectivity index is 1.68. The molecule has 0 bridgehead atoms. The number of amides is 1. The maximum atomic E-state index is 12.9. The number of hydrogen-bond donors (Lipinski definition) is 4. The number of rotatable bonds is 10. The molecule has 8 nitrogen and oxygen atoms in total. The van der Waals surface area contributed by atoms with Gasteiger partial charge in [0.05, 0.1) is 18.4 Å². The fourth-order valence-corrected chi connectivity index (χ4v) is 5.47. The number of nitrogens with zero attached hydrogens (tertiary/aromatic N) is 2. The van der Waals surface area contributed by atoms with Crippen LogP contribution < -0.4 is 5.32 Å². The van der Waals surface area contributed by atoms with Crippen LogP contribution in [0.25, 0.3) is 5.57 Å². The first kappa shape index (κ1) is 27.1. The van der Waals surface area contributed by atoms with Gasteiger partial charge in [-0.1, -0.05) is 26.0 Å². The maximum Gasteiger partial charge on any atom is 0.291 e. The van der Waals surface area contributed by atoms with Gasteiger partial charge in [-0.25, -0.2) is 4.98 Å². The van der Waals surface area contributed by atoms with Gasteiger partial charge >= 0.3 is 0 Å². The Bertz CT molecular complexity index is 1170. The van der Waals surface area contributed by atoms with E-state index in [1.165, 1.54) is 11.8 Å². The van der Waals surface area contributed by atoms with Crippen molar-refractivity contribution in [2.75, 3.05) is 25.1 Å². The van der Waals surface area contributed by atoms with Gasteiger partial charge in [-0.15, -0.1) is 0 Å². The highest BCUT2D eigenvalue weighted by Crippen LogP contribution is 2.43. The minimum Gasteiger partial charge on any atom is -0.396 e. The van der Waals surface area contributed by atoms with Crippen molar-refractivity contribution in [1.82, 2.24) is 9.97 Å². The van der Waals surface area contributed by atoms with Crippen molar-refractivity contribution in [2.24, 2.45) is 5.41 Å². The lowest BCUT2D eigenvalue weighted by molar-refractivity contribution is -0.0491. The first-order chi connectivity index (χ1) is 17.8. The number of aromatic amines is 1. The molecule has 1 aromatic carbocycles. The largest absolute Gasteiger partial charge is 0.396 e. The number of carbonyl (C=O) groups is 1. The predicted molar refractivity (Wildman–Crippen MR) is 142 cm³/mol. The zero-order valence-corrected chi connectivity index (χ0v) is 21.8. The first-order valence-electron chi connectivity index (χ1n) is 13.2. The van der Waals surface area contributed by atoms with Crippen molar-refractivity contribution in [2.45, 2.75) is 76.7 Å². The van der Waals surface area contributed by atoms with E-state index in [0.717, 1.165) is 49.7 Å². The number of hydrogen-bond acceptors (Lipinski definition) is 6. The second kappa shape index (κ2) is 11.6. The Morgan fingerprint density at radius 1 is 1.32 bits per heavy atom. The second-order valence-corrected chi connectivity index (χ2v) is 11.2. The van der Waals surface area contributed by atoms with Crippen LogP contribution in [-0.2, 0) is 4.74 Å². The first-order valence-corrected chi connectivity index (χ1v) is 13.2. The minimum atomic E-state index is -0.543. The molecule has 4 rings (SSSR count). The van der Waals surface area contributed by atoms with E-state index in [-0.39, 0.29) is 36.1 Å². The molecule has 1 amide bonds. The zero-order valence-electron chi connectivity index (χ0n) is 21.8. The predicted octanol–water partition coefficient (Wildman–Crippen LogP) is 4.91. The summed E-state index contributed by atoms with van der Waals surface area (Å²) in [5.41, 5.74) is 3.92. The molecule has 198 valence electrons. The molecular formula is C29H38N4O4. The Morgan fingerprint density at radius 2 is 2.16 bits per heavy atom. The monoisotopic (exact) mass is 506 g/mol. The number of aliphatic hydroxyl groups is 2. The summed E-state index contributed by atoms with van der Waals surface area (Å²) in [6.07, 6.45) is 10.4. The van der Waals surface area contributed by atoms with Crippen LogP contribution in [0.5, 0.6) is 0 Å². The molecule has 0 saturated carbocycles. The number of H-pyrrole nitrogens is 1. The van der Waals surface area contributed by atoms with Gasteiger partial charge in [-0.05, 0) is 86.0 Å². The van der Waals surface area contributed by atoms with Gasteiger partial charge in [0.25, 0.3) is 5.91 Å². The second-order valence-electron chi connectivity index (χ2n) is 11.2. The molecular weight excluding hydrogens is 468 g/mol. The van der Waals surface area contributed by atoms with Crippen LogP contribution in [0.2, 0.25) is 0 Å². The van der Waals surface area contributed by atoms with E-state index in [9.17, 15) is 15.0 Å². The van der Waals surface area contributed by atoms with Crippen LogP contribution in [0.3, 0.4) is 0 Å². The molecule has 37 heavy (non-hydrogen) atoms. The summed E-state index contributed by atoms with van der Waals surface area (Å²) in [7, 11) is 0. The molecule has 1 aromatic heterocycles. The lowest BCUT2D eigenvalue weighted by atomic mass is 9.76. The van der Waals surface area contributed by atoms with Crippen LogP contribution in [-0.4, -0.2) is 51.5 Å². The lowest BCUT2D eigenvalue weighted by Gasteiger charge is -2.32. The van der Waals surface area contributed by atoms with Crippen LogP contribution >= 0.6 is 0 Å². The third-order valence-electron chi connectivity index (χ3n) is 7.79. The van der Waals surface area contributed by atoms with Crippen LogP contribution in [0.15, 0.2) is 30.5 Å². The number of anilines is 1. The molecule has 0 spiro atoms. The van der Waals surface area contributed by atoms with Crippen LogP contribution in [0.1, 0.15) is 98.6 Å². The van der Waals surface area contributed by atoms with Gasteiger partial charge in [0.1, 0.15) is 11.8 Å². The molecule has 1 aliphatic heterocycles. The molecule has 2 heterocycles. The number of imidazole rings is 1. The molecule has 0 radical (unpaired) electrons. The topological polar surface area (TPSA) is 131 Å². The third kappa shape index (κ3) is 6.48. The van der Waals surface area contributed by atoms with Crippen molar-refractivity contribution in [3.8, 4) is 6.07 Å². The highest BCUT2D eigenvalue weighted by Gasteiger charge is 2.37. The van der Waals surface area contributed by atoms with E-state index in [1.807, 2.05) is 18.2 Å². The standard InChI is InChI=1S/C29H38N4O4/c1-28(2)11-8-20(9-12-28)24-15-21(22(5-3-13-34)16-29(19-35)10-4-14-37-29)6-7-25(24)33-27(36)26-31-18-23(17-30)32-26/h6-8,15,18,22,34-35H,3-5,9-14,16,19H2,1-2H3,(H,31,32)(H,33,36)/t22-,29+/m0/s1. The molecule has 1 fully saturated rings. The zero-order chi connectivity index (χ0) is 26.5. The summed E-state index contributed by atoms with van der Waals surface area (Å²) in [6.45, 7) is 5.29. The van der Waals surface area contributed by atoms with E-state index >= 15 is 0 Å². The van der Waals surface area contributed by atoms with Gasteiger partial charge in [-0.2, -0.15) is 5.26 Å². The highest BCUT2D eigenvalue weighted by molar-refractivity contribution is 6.03. The van der Waals surface area contributed by atoms with Crippen molar-refractivity contribution in [3.05, 3.63) is 53.1 Å². The normalized spacial score (nSPS) is 21.8. The van der Waals surface area contributed by atoms with Crippen molar-refractivity contribution >= 4 is 17.2 Å². The molecule has 1 aliphatic carbocycles. The summed E-state index contributed by atoms with van der Waals surface area (Å²) in [6, 6.07) is 8.08. The quantitative estimate of drug-likeness (QED) is 0.362. The van der Waals surface area contributed by atoms with E-state index in [1.54, 1.807) is 0 Å². The number of nitrogens with one attached hydrogen (secondary N) is 2. The van der Waals surface area contributed by atoms with E-state index in [4.69, 9.17) is 10.00 Å². The SMILES string of the molecule is CC1(C)CC=C(c2cc([C@@H](CCCO)C[C@@]3(CO)CCCO3)ccc2NC(=O)c2ncc(C#N)[nH]2)CC1. The average molecular weight is 507 g/mol. The van der Waals surface area contributed by atoms with Gasteiger partial charge in [0.2, 0.25) is 0 Å². The minimum absolute atomic E-state index is 0.0162. The molecule has 1 saturated heterocycles. The van der Waals surface area contributed by atoms with Gasteiger partial charge < -0.3 is 25.3 Å². The number of carbonyl (C=O) groups excluding carboxylic acids is 1. The van der Waals surface area contributed by atoms with Crippen LogP contribution in [0.4, 0.5) is 5.69 Å². The summed E-state index contributed by atoms with van der Waals surface area (Å²) < 4.78 is 6.01. The summed E-state index contributed by atoms with van der Waals surface area (Å²) >= 11 is 0. The van der Waals surface area contributed by atoms with E-state index < -0.39 is 11.5 Å². The molecule has 8 heteroatoms. The maximum absolute atomic E-state index is 12.9. The fourth-order valence-electron chi connectivity index (χ4n) is 5.47. The smallest absolute Gasteiger partial charge is 0.291 e. The number of nitriles is 1. The summed E-state index contributed by atoms with van der Waals surface area (Å²) in [4.78, 5) is 19.7. The van der Waals surface area contributed by atoms with Crippen molar-refractivity contribution < 1.29 is 19.7 Å². The third-order valence-corrected chi connectivity index (χ3v) is 7.79. The van der Waals surface area contributed by atoms with Crippen LogP contribution in [0, 0.1) is 16.7 Å². The number of ether oxygens (including phenoxy) is 1. The molecule has 0 unspecified atom stereocenters. The van der Waals surface area contributed by atoms with Gasteiger partial charge in [0.15, 0.2) is 5.82 Å². The Hall–Kier alpha value is -2.99. The summed E-state index contributed by atoms with van der Waals surface area (Å²) in [5.74, 6) is -0.207. The molecule has 2 aliphatic rings. The lowest BCUT2D eigenvalue weighted by Crippen LogP contribution is -2.34. The van der Waals surface area contributed by atoms with Gasteiger partial charge in [-0.3, -0.25) is 4.79 Å². The summed E-state index contributed by atoms with van der Waals surface area (Å²) in [5, 5.41) is 31.8. The molecule has 2 aromatic rings. The molecule has 2 atom stereocenters. The number of benzene rings is 1. The highest BCUT2D eigenvalue weighted by atomic mass is 16.5. The average Bonchev–Trinajstić information content (AvgIpc) is 3.57. The Morgan fingerprint density at radius 3 is 2.78 bits per heavy atom. The van der Waals surface area contributed by atoms with Gasteiger partial charge in [0, 0.05) is 24.5 Å². The molecule has 4 N–H and O–H groups in total.